The van der Waals surface area contributed by atoms with E-state index in [4.69, 9.17) is 8.85 Å². The van der Waals surface area contributed by atoms with Gasteiger partial charge in [0.25, 0.3) is 0 Å². The van der Waals surface area contributed by atoms with Crippen molar-refractivity contribution in [3.63, 3.8) is 0 Å². The molecule has 0 atom stereocenters. The standard InChI is InChI=1S/C11H28O2Si2/c1-7-14(8-2,9-3)11-15(10-4,12-5)13-6/h7-11H2,1-6H3. The average Bonchev–Trinajstić information content (AvgIpc) is 2.33. The van der Waals surface area contributed by atoms with Crippen molar-refractivity contribution in [2.45, 2.75) is 57.5 Å². The van der Waals surface area contributed by atoms with Gasteiger partial charge >= 0.3 is 8.56 Å². The summed E-state index contributed by atoms with van der Waals surface area (Å²) in [5, 5.41) is 0. The predicted molar refractivity (Wildman–Crippen MR) is 72.3 cm³/mol. The van der Waals surface area contributed by atoms with Crippen molar-refractivity contribution in [2.24, 2.45) is 0 Å². The van der Waals surface area contributed by atoms with E-state index in [1.165, 1.54) is 23.8 Å². The van der Waals surface area contributed by atoms with Crippen LogP contribution in [-0.4, -0.2) is 30.9 Å². The molecule has 0 aromatic carbocycles. The Bertz CT molecular complexity index is 131. The Morgan fingerprint density at radius 1 is 0.733 bits per heavy atom. The number of hydrogen-bond donors (Lipinski definition) is 0. The minimum Gasteiger partial charge on any atom is -0.398 e. The summed E-state index contributed by atoms with van der Waals surface area (Å²) >= 11 is 0. The van der Waals surface area contributed by atoms with Crippen LogP contribution in [0.3, 0.4) is 0 Å². The van der Waals surface area contributed by atoms with Crippen LogP contribution in [0.5, 0.6) is 0 Å². The molecule has 0 saturated heterocycles. The number of rotatable bonds is 8. The van der Waals surface area contributed by atoms with Crippen molar-refractivity contribution < 1.29 is 8.85 Å². The average molecular weight is 249 g/mol. The van der Waals surface area contributed by atoms with E-state index in [0.717, 1.165) is 6.04 Å². The van der Waals surface area contributed by atoms with Crippen LogP contribution in [0.25, 0.3) is 0 Å². The van der Waals surface area contributed by atoms with Crippen molar-refractivity contribution in [2.75, 3.05) is 14.2 Å². The Hall–Kier alpha value is 0.354. The molecule has 0 aliphatic heterocycles. The molecule has 0 heterocycles. The summed E-state index contributed by atoms with van der Waals surface area (Å²) < 4.78 is 11.5. The molecule has 0 saturated carbocycles. The molecule has 0 aliphatic rings. The lowest BCUT2D eigenvalue weighted by molar-refractivity contribution is 0.248. The van der Waals surface area contributed by atoms with Gasteiger partial charge in [-0.25, -0.2) is 0 Å². The van der Waals surface area contributed by atoms with Gasteiger partial charge in [-0.3, -0.25) is 0 Å². The van der Waals surface area contributed by atoms with Crippen LogP contribution >= 0.6 is 0 Å². The minimum atomic E-state index is -1.85. The maximum Gasteiger partial charge on any atom is 0.334 e. The largest absolute Gasteiger partial charge is 0.398 e. The quantitative estimate of drug-likeness (QED) is 0.609. The fraction of sp³-hybridized carbons (Fsp3) is 1.00. The molecule has 0 spiro atoms. The van der Waals surface area contributed by atoms with Gasteiger partial charge in [-0.05, 0) is 11.7 Å². The maximum atomic E-state index is 5.75. The Morgan fingerprint density at radius 2 is 1.13 bits per heavy atom. The highest BCUT2D eigenvalue weighted by atomic mass is 28.4. The van der Waals surface area contributed by atoms with E-state index in [1.807, 2.05) is 14.2 Å². The summed E-state index contributed by atoms with van der Waals surface area (Å²) in [5.74, 6) is 0. The van der Waals surface area contributed by atoms with Gasteiger partial charge in [-0.15, -0.1) is 0 Å². The third-order valence-electron chi connectivity index (χ3n) is 4.18. The Morgan fingerprint density at radius 3 is 1.33 bits per heavy atom. The zero-order valence-corrected chi connectivity index (χ0v) is 13.4. The van der Waals surface area contributed by atoms with Crippen molar-refractivity contribution in [1.82, 2.24) is 0 Å². The SMILES string of the molecule is CC[Si](CC)(CC)C[Si](CC)(OC)OC. The predicted octanol–water partition coefficient (Wildman–Crippen LogP) is 3.79. The third kappa shape index (κ3) is 3.69. The molecule has 15 heavy (non-hydrogen) atoms. The zero-order valence-electron chi connectivity index (χ0n) is 11.4. The van der Waals surface area contributed by atoms with Crippen LogP contribution in [0, 0.1) is 0 Å². The molecular formula is C11H28O2Si2. The van der Waals surface area contributed by atoms with Gasteiger partial charge in [0.2, 0.25) is 0 Å². The van der Waals surface area contributed by atoms with Crippen LogP contribution in [0.4, 0.5) is 0 Å². The lowest BCUT2D eigenvalue weighted by Gasteiger charge is -2.36. The van der Waals surface area contributed by atoms with Crippen molar-refractivity contribution in [3.05, 3.63) is 0 Å². The van der Waals surface area contributed by atoms with Crippen LogP contribution in [-0.2, 0) is 8.85 Å². The summed E-state index contributed by atoms with van der Waals surface area (Å²) in [6, 6.07) is 5.17. The highest BCUT2D eigenvalue weighted by molar-refractivity contribution is 6.92. The first kappa shape index (κ1) is 15.4. The molecule has 4 heteroatoms. The van der Waals surface area contributed by atoms with E-state index in [9.17, 15) is 0 Å². The first-order valence-electron chi connectivity index (χ1n) is 6.17. The molecule has 0 aliphatic carbocycles. The molecule has 0 fully saturated rings. The number of hydrogen-bond acceptors (Lipinski definition) is 2. The fourth-order valence-corrected chi connectivity index (χ4v) is 14.3. The van der Waals surface area contributed by atoms with E-state index < -0.39 is 16.6 Å². The second kappa shape index (κ2) is 6.83. The van der Waals surface area contributed by atoms with Gasteiger partial charge in [0, 0.05) is 14.2 Å². The highest BCUT2D eigenvalue weighted by Gasteiger charge is 2.42. The molecule has 0 aromatic heterocycles. The van der Waals surface area contributed by atoms with Crippen LogP contribution in [0.15, 0.2) is 0 Å². The van der Waals surface area contributed by atoms with Crippen LogP contribution in [0.1, 0.15) is 27.7 Å². The van der Waals surface area contributed by atoms with Gasteiger partial charge in [0.15, 0.2) is 0 Å². The Kier molecular flexibility index (Phi) is 6.99. The van der Waals surface area contributed by atoms with Gasteiger partial charge < -0.3 is 8.85 Å². The van der Waals surface area contributed by atoms with E-state index in [1.54, 1.807) is 0 Å². The molecule has 0 unspecified atom stereocenters. The van der Waals surface area contributed by atoms with Gasteiger partial charge in [0.1, 0.15) is 0 Å². The van der Waals surface area contributed by atoms with Crippen molar-refractivity contribution >= 4 is 16.6 Å². The zero-order chi connectivity index (χ0) is 11.9. The summed E-state index contributed by atoms with van der Waals surface area (Å²) in [6.45, 7) is 9.25. The molecule has 0 N–H and O–H groups in total. The van der Waals surface area contributed by atoms with Gasteiger partial charge in [0.05, 0.1) is 8.07 Å². The topological polar surface area (TPSA) is 18.5 Å². The Balaban J connectivity index is 4.74. The second-order valence-electron chi connectivity index (χ2n) is 4.41. The molecule has 0 radical (unpaired) electrons. The monoisotopic (exact) mass is 248 g/mol. The molecular weight excluding hydrogens is 220 g/mol. The summed E-state index contributed by atoms with van der Waals surface area (Å²) in [6.07, 6.45) is 0. The lowest BCUT2D eigenvalue weighted by Crippen LogP contribution is -2.49. The molecule has 0 rings (SSSR count). The van der Waals surface area contributed by atoms with Gasteiger partial charge in [-0.2, -0.15) is 0 Å². The van der Waals surface area contributed by atoms with E-state index in [0.29, 0.717) is 0 Å². The minimum absolute atomic E-state index is 1.08. The fourth-order valence-electron chi connectivity index (χ4n) is 2.34. The summed E-state index contributed by atoms with van der Waals surface area (Å²) in [5.41, 5.74) is 1.27. The Labute approximate surface area is 97.6 Å². The summed E-state index contributed by atoms with van der Waals surface area (Å²) in [7, 11) is 0.707. The third-order valence-corrected chi connectivity index (χ3v) is 16.4. The van der Waals surface area contributed by atoms with Gasteiger partial charge in [-0.1, -0.05) is 45.8 Å². The first-order chi connectivity index (χ1) is 7.07. The smallest absolute Gasteiger partial charge is 0.334 e. The lowest BCUT2D eigenvalue weighted by atomic mass is 10.9. The van der Waals surface area contributed by atoms with Crippen molar-refractivity contribution in [3.8, 4) is 0 Å². The van der Waals surface area contributed by atoms with Crippen LogP contribution in [0.2, 0.25) is 29.8 Å². The molecule has 0 amide bonds. The summed E-state index contributed by atoms with van der Waals surface area (Å²) in [4.78, 5) is 0. The highest BCUT2D eigenvalue weighted by Crippen LogP contribution is 2.32. The van der Waals surface area contributed by atoms with Crippen LogP contribution < -0.4 is 0 Å². The second-order valence-corrected chi connectivity index (χ2v) is 14.3. The molecule has 0 aromatic rings. The van der Waals surface area contributed by atoms with E-state index in [-0.39, 0.29) is 0 Å². The molecule has 0 bridgehead atoms. The molecule has 2 nitrogen and oxygen atoms in total. The maximum absolute atomic E-state index is 5.75. The molecule has 92 valence electrons. The van der Waals surface area contributed by atoms with E-state index >= 15 is 0 Å². The van der Waals surface area contributed by atoms with Crippen molar-refractivity contribution in [1.29, 1.82) is 0 Å². The van der Waals surface area contributed by atoms with E-state index in [2.05, 4.69) is 27.7 Å². The first-order valence-corrected chi connectivity index (χ1v) is 11.2. The normalized spacial score (nSPS) is 13.2.